The zero-order chi connectivity index (χ0) is 21.5. The number of hydrogen-bond acceptors (Lipinski definition) is 6. The summed E-state index contributed by atoms with van der Waals surface area (Å²) in [4.78, 5) is 35.6. The molecular formula is C21H27FN6O2. The lowest BCUT2D eigenvalue weighted by atomic mass is 10.2. The quantitative estimate of drug-likeness (QED) is 0.674. The highest BCUT2D eigenvalue weighted by Crippen LogP contribution is 2.21. The van der Waals surface area contributed by atoms with Gasteiger partial charge in [0.1, 0.15) is 11.5 Å². The standard InChI is InChI=1S/C21H27FN6O2/c1-3-4-19(29)26-18-13-15(7-8-24-18)14-27-9-11-28(12-10-27)17-6-5-16(21(30)23-2)25-20(17)22/h5-8,13H,3-4,9-12,14H2,1-2H3,(H,23,30)(H,24,26,29). The van der Waals surface area contributed by atoms with Crippen molar-refractivity contribution >= 4 is 23.3 Å². The van der Waals surface area contributed by atoms with Crippen molar-refractivity contribution in [2.75, 3.05) is 43.4 Å². The lowest BCUT2D eigenvalue weighted by Gasteiger charge is -2.36. The molecule has 0 atom stereocenters. The molecule has 0 aliphatic carbocycles. The molecule has 3 heterocycles. The van der Waals surface area contributed by atoms with E-state index in [1.54, 1.807) is 12.3 Å². The fourth-order valence-corrected chi connectivity index (χ4v) is 3.40. The summed E-state index contributed by atoms with van der Waals surface area (Å²) in [6.45, 7) is 5.52. The van der Waals surface area contributed by atoms with E-state index in [0.717, 1.165) is 31.6 Å². The maximum absolute atomic E-state index is 14.4. The summed E-state index contributed by atoms with van der Waals surface area (Å²) in [7, 11) is 1.49. The predicted molar refractivity (Wildman–Crippen MR) is 113 cm³/mol. The maximum atomic E-state index is 14.4. The van der Waals surface area contributed by atoms with Gasteiger partial charge in [-0.2, -0.15) is 4.39 Å². The predicted octanol–water partition coefficient (Wildman–Crippen LogP) is 2.04. The minimum absolute atomic E-state index is 0.0335. The van der Waals surface area contributed by atoms with E-state index in [-0.39, 0.29) is 11.6 Å². The van der Waals surface area contributed by atoms with E-state index >= 15 is 0 Å². The number of hydrogen-bond donors (Lipinski definition) is 2. The minimum atomic E-state index is -0.633. The van der Waals surface area contributed by atoms with Crippen LogP contribution < -0.4 is 15.5 Å². The van der Waals surface area contributed by atoms with Crippen LogP contribution in [-0.4, -0.2) is 59.9 Å². The largest absolute Gasteiger partial charge is 0.365 e. The fourth-order valence-electron chi connectivity index (χ4n) is 3.40. The number of carbonyl (C=O) groups is 2. The van der Waals surface area contributed by atoms with Gasteiger partial charge in [0.15, 0.2) is 0 Å². The number of rotatable bonds is 7. The molecule has 9 heteroatoms. The molecule has 1 aliphatic heterocycles. The van der Waals surface area contributed by atoms with Crippen LogP contribution in [0.3, 0.4) is 0 Å². The lowest BCUT2D eigenvalue weighted by molar-refractivity contribution is -0.116. The van der Waals surface area contributed by atoms with Crippen molar-refractivity contribution in [2.45, 2.75) is 26.3 Å². The van der Waals surface area contributed by atoms with Crippen LogP contribution in [0.1, 0.15) is 35.8 Å². The molecule has 30 heavy (non-hydrogen) atoms. The van der Waals surface area contributed by atoms with Crippen LogP contribution in [0.25, 0.3) is 0 Å². The van der Waals surface area contributed by atoms with Gasteiger partial charge in [0.2, 0.25) is 11.9 Å². The molecular weight excluding hydrogens is 387 g/mol. The molecule has 1 aliphatic rings. The van der Waals surface area contributed by atoms with Crippen LogP contribution in [0.2, 0.25) is 0 Å². The molecule has 2 N–H and O–H groups in total. The van der Waals surface area contributed by atoms with Gasteiger partial charge < -0.3 is 15.5 Å². The van der Waals surface area contributed by atoms with Crippen LogP contribution in [-0.2, 0) is 11.3 Å². The van der Waals surface area contributed by atoms with Crippen molar-refractivity contribution in [1.29, 1.82) is 0 Å². The lowest BCUT2D eigenvalue weighted by Crippen LogP contribution is -2.46. The minimum Gasteiger partial charge on any atom is -0.365 e. The third kappa shape index (κ3) is 5.50. The molecule has 2 aromatic rings. The van der Waals surface area contributed by atoms with Crippen molar-refractivity contribution in [3.8, 4) is 0 Å². The number of amides is 2. The van der Waals surface area contributed by atoms with Crippen LogP contribution in [0.5, 0.6) is 0 Å². The fraction of sp³-hybridized carbons (Fsp3) is 0.429. The van der Waals surface area contributed by atoms with Crippen LogP contribution in [0.4, 0.5) is 15.9 Å². The van der Waals surface area contributed by atoms with Gasteiger partial charge in [0.05, 0.1) is 5.69 Å². The van der Waals surface area contributed by atoms with Crippen molar-refractivity contribution in [2.24, 2.45) is 0 Å². The Hall–Kier alpha value is -3.07. The summed E-state index contributed by atoms with van der Waals surface area (Å²) in [5, 5.41) is 5.26. The first-order valence-electron chi connectivity index (χ1n) is 10.1. The third-order valence-corrected chi connectivity index (χ3v) is 4.98. The van der Waals surface area contributed by atoms with Crippen molar-refractivity contribution in [3.63, 3.8) is 0 Å². The van der Waals surface area contributed by atoms with Gasteiger partial charge in [-0.25, -0.2) is 9.97 Å². The molecule has 0 saturated carbocycles. The van der Waals surface area contributed by atoms with Gasteiger partial charge in [-0.05, 0) is 36.2 Å². The van der Waals surface area contributed by atoms with Crippen molar-refractivity contribution < 1.29 is 14.0 Å². The summed E-state index contributed by atoms with van der Waals surface area (Å²) in [5.41, 5.74) is 1.54. The number of nitrogens with zero attached hydrogens (tertiary/aromatic N) is 4. The molecule has 160 valence electrons. The molecule has 0 radical (unpaired) electrons. The van der Waals surface area contributed by atoms with Gasteiger partial charge >= 0.3 is 0 Å². The number of pyridine rings is 2. The SMILES string of the molecule is CCCC(=O)Nc1cc(CN2CCN(c3ccc(C(=O)NC)nc3F)CC2)ccn1. The Balaban J connectivity index is 1.56. The summed E-state index contributed by atoms with van der Waals surface area (Å²) in [5.74, 6) is -0.512. The normalized spacial score (nSPS) is 14.4. The monoisotopic (exact) mass is 414 g/mol. The Morgan fingerprint density at radius 2 is 1.93 bits per heavy atom. The zero-order valence-electron chi connectivity index (χ0n) is 17.3. The summed E-state index contributed by atoms with van der Waals surface area (Å²) >= 11 is 0. The van der Waals surface area contributed by atoms with Gasteiger partial charge in [0.25, 0.3) is 5.91 Å². The number of aromatic nitrogens is 2. The average molecular weight is 414 g/mol. The second kappa shape index (κ2) is 10.1. The van der Waals surface area contributed by atoms with E-state index in [9.17, 15) is 14.0 Å². The number of piperazine rings is 1. The average Bonchev–Trinajstić information content (AvgIpc) is 2.74. The molecule has 2 aromatic heterocycles. The first kappa shape index (κ1) is 21.6. The Labute approximate surface area is 175 Å². The second-order valence-electron chi connectivity index (χ2n) is 7.20. The van der Waals surface area contributed by atoms with Gasteiger partial charge in [-0.1, -0.05) is 6.92 Å². The number of halogens is 1. The summed E-state index contributed by atoms with van der Waals surface area (Å²) in [6, 6.07) is 6.97. The third-order valence-electron chi connectivity index (χ3n) is 4.98. The van der Waals surface area contributed by atoms with E-state index in [4.69, 9.17) is 0 Å². The van der Waals surface area contributed by atoms with Crippen molar-refractivity contribution in [1.82, 2.24) is 20.2 Å². The second-order valence-corrected chi connectivity index (χ2v) is 7.20. The van der Waals surface area contributed by atoms with Gasteiger partial charge in [0, 0.05) is 52.4 Å². The van der Waals surface area contributed by atoms with E-state index < -0.39 is 11.9 Å². The number of anilines is 2. The smallest absolute Gasteiger partial charge is 0.269 e. The molecule has 3 rings (SSSR count). The Morgan fingerprint density at radius 1 is 1.17 bits per heavy atom. The molecule has 1 saturated heterocycles. The Bertz CT molecular complexity index is 899. The summed E-state index contributed by atoms with van der Waals surface area (Å²) < 4.78 is 14.4. The highest BCUT2D eigenvalue weighted by Gasteiger charge is 2.21. The highest BCUT2D eigenvalue weighted by atomic mass is 19.1. The zero-order valence-corrected chi connectivity index (χ0v) is 17.3. The molecule has 2 amide bonds. The molecule has 1 fully saturated rings. The van der Waals surface area contributed by atoms with E-state index in [2.05, 4.69) is 25.5 Å². The van der Waals surface area contributed by atoms with E-state index in [1.807, 2.05) is 24.0 Å². The topological polar surface area (TPSA) is 90.5 Å². The van der Waals surface area contributed by atoms with Crippen LogP contribution >= 0.6 is 0 Å². The number of carbonyl (C=O) groups excluding carboxylic acids is 2. The number of nitrogens with one attached hydrogen (secondary N) is 2. The molecule has 0 unspecified atom stereocenters. The van der Waals surface area contributed by atoms with Crippen LogP contribution in [0, 0.1) is 5.95 Å². The van der Waals surface area contributed by atoms with Gasteiger partial charge in [-0.15, -0.1) is 0 Å². The highest BCUT2D eigenvalue weighted by molar-refractivity contribution is 5.92. The first-order chi connectivity index (χ1) is 14.5. The maximum Gasteiger partial charge on any atom is 0.269 e. The Morgan fingerprint density at radius 3 is 2.60 bits per heavy atom. The van der Waals surface area contributed by atoms with Crippen LogP contribution in [0.15, 0.2) is 30.5 Å². The summed E-state index contributed by atoms with van der Waals surface area (Å²) in [6.07, 6.45) is 2.96. The first-order valence-corrected chi connectivity index (χ1v) is 10.1. The molecule has 8 nitrogen and oxygen atoms in total. The van der Waals surface area contributed by atoms with Gasteiger partial charge in [-0.3, -0.25) is 14.5 Å². The Kier molecular flexibility index (Phi) is 7.29. The van der Waals surface area contributed by atoms with E-state index in [1.165, 1.54) is 13.1 Å². The van der Waals surface area contributed by atoms with Crippen molar-refractivity contribution in [3.05, 3.63) is 47.7 Å². The molecule has 0 bridgehead atoms. The molecule has 0 spiro atoms. The van der Waals surface area contributed by atoms with E-state index in [0.29, 0.717) is 31.0 Å². The molecule has 0 aromatic carbocycles.